The molecule has 2 aromatic carbocycles. The summed E-state index contributed by atoms with van der Waals surface area (Å²) in [6, 6.07) is 12.4. The molecule has 3 aliphatic heterocycles. The molecule has 0 spiro atoms. The minimum Gasteiger partial charge on any atom is -0.377 e. The zero-order chi connectivity index (χ0) is 41.4. The van der Waals surface area contributed by atoms with E-state index in [1.54, 1.807) is 32.0 Å². The Morgan fingerprint density at radius 2 is 1.67 bits per heavy atom. The van der Waals surface area contributed by atoms with Gasteiger partial charge in [-0.05, 0) is 103 Å². The molecular weight excluding hydrogens is 760 g/mol. The minimum atomic E-state index is -4.74. The van der Waals surface area contributed by atoms with E-state index in [1.165, 1.54) is 11.0 Å². The third-order valence-corrected chi connectivity index (χ3v) is 12.8. The molecule has 2 unspecified atom stereocenters. The number of piperazine rings is 1. The first-order valence-electron chi connectivity index (χ1n) is 19.6. The predicted octanol–water partition coefficient (Wildman–Crippen LogP) is 5.27. The van der Waals surface area contributed by atoms with Crippen LogP contribution in [0.15, 0.2) is 42.5 Å². The summed E-state index contributed by atoms with van der Waals surface area (Å²) < 4.78 is 47.6. The molecule has 4 aliphatic rings. The molecule has 3 heterocycles. The van der Waals surface area contributed by atoms with Gasteiger partial charge in [-0.15, -0.1) is 12.6 Å². The number of carbonyl (C=O) groups excluding carboxylic acids is 4. The molecule has 57 heavy (non-hydrogen) atoms. The van der Waals surface area contributed by atoms with Crippen LogP contribution in [0.2, 0.25) is 0 Å². The number of anilines is 2. The van der Waals surface area contributed by atoms with E-state index in [1.807, 2.05) is 24.0 Å². The molecule has 1 aliphatic carbocycles. The van der Waals surface area contributed by atoms with Crippen LogP contribution in [0.3, 0.4) is 0 Å². The van der Waals surface area contributed by atoms with Gasteiger partial charge < -0.3 is 10.1 Å². The molecule has 2 aromatic rings. The lowest BCUT2D eigenvalue weighted by Crippen LogP contribution is -2.58. The van der Waals surface area contributed by atoms with E-state index >= 15 is 0 Å². The highest BCUT2D eigenvalue weighted by Gasteiger charge is 2.54. The fourth-order valence-corrected chi connectivity index (χ4v) is 9.71. The predicted molar refractivity (Wildman–Crippen MR) is 211 cm³/mol. The largest absolute Gasteiger partial charge is 0.417 e. The van der Waals surface area contributed by atoms with Gasteiger partial charge in [-0.1, -0.05) is 12.1 Å². The van der Waals surface area contributed by atoms with E-state index in [2.05, 4.69) is 34.3 Å². The molecule has 2 N–H and O–H groups in total. The lowest BCUT2D eigenvalue weighted by atomic mass is 9.75. The number of nitriles is 1. The highest BCUT2D eigenvalue weighted by molar-refractivity contribution is 7.81. The van der Waals surface area contributed by atoms with Crippen molar-refractivity contribution in [1.82, 2.24) is 20.0 Å². The summed E-state index contributed by atoms with van der Waals surface area (Å²) in [6.07, 6.45) is -0.951. The summed E-state index contributed by atoms with van der Waals surface area (Å²) in [5.74, 6) is -1.04. The van der Waals surface area contributed by atoms with Crippen molar-refractivity contribution in [2.75, 3.05) is 43.0 Å². The normalized spacial score (nSPS) is 28.9. The second-order valence-electron chi connectivity index (χ2n) is 16.6. The first kappa shape index (κ1) is 42.6. The third-order valence-electron chi connectivity index (χ3n) is 12.3. The van der Waals surface area contributed by atoms with Crippen LogP contribution in [-0.2, 0) is 35.5 Å². The Morgan fingerprint density at radius 1 is 1.02 bits per heavy atom. The van der Waals surface area contributed by atoms with E-state index in [4.69, 9.17) is 17.4 Å². The first-order valence-corrected chi connectivity index (χ1v) is 20.1. The maximum absolute atomic E-state index is 13.7. The minimum absolute atomic E-state index is 0.0237. The van der Waals surface area contributed by atoms with Gasteiger partial charge in [-0.25, -0.2) is 0 Å². The maximum atomic E-state index is 13.7. The number of benzene rings is 2. The van der Waals surface area contributed by atoms with Gasteiger partial charge in [0.1, 0.15) is 5.50 Å². The molecular formula is C41H52F3N7O5S. The van der Waals surface area contributed by atoms with Gasteiger partial charge in [0.15, 0.2) is 0 Å². The van der Waals surface area contributed by atoms with E-state index in [9.17, 15) is 37.6 Å². The standard InChI is InChI=1S/C41H52F3N7O5S/c1-25-22-48(23-26(2)49(25)24-35(53)46-29-9-7-28(8-10-29)40(5)17-16-34(52)47-36(40)54)18-19-56-32-14-12-30(13-15-32)51-38(57)50(37(55)39(51,3)4)31-11-6-27(21-45)33(20-31)41(42,43)44/h6-11,20,25-26,30,32,38,57H,12-19,22-24H2,1-5H3,(H,46,53)(H,47,52,54)/t25-,26+,30?,32?,38?,40?. The fourth-order valence-electron chi connectivity index (χ4n) is 9.00. The Kier molecular flexibility index (Phi) is 12.5. The lowest BCUT2D eigenvalue weighted by molar-refractivity contribution is -0.138. The fraction of sp³-hybridized carbons (Fsp3) is 0.585. The van der Waals surface area contributed by atoms with Crippen LogP contribution in [0.1, 0.15) is 89.8 Å². The number of amides is 4. The lowest BCUT2D eigenvalue weighted by Gasteiger charge is -2.44. The molecule has 16 heteroatoms. The van der Waals surface area contributed by atoms with E-state index in [-0.39, 0.29) is 66.5 Å². The number of thiol groups is 1. The van der Waals surface area contributed by atoms with Crippen LogP contribution < -0.4 is 15.5 Å². The number of ether oxygens (including phenoxy) is 1. The number of hydrogen-bond acceptors (Lipinski definition) is 10. The Bertz CT molecular complexity index is 1890. The van der Waals surface area contributed by atoms with Crippen molar-refractivity contribution in [2.24, 2.45) is 0 Å². The van der Waals surface area contributed by atoms with Crippen LogP contribution >= 0.6 is 12.6 Å². The van der Waals surface area contributed by atoms with Gasteiger partial charge in [0, 0.05) is 55.6 Å². The van der Waals surface area contributed by atoms with E-state index < -0.39 is 33.8 Å². The summed E-state index contributed by atoms with van der Waals surface area (Å²) >= 11 is 4.76. The molecule has 12 nitrogen and oxygen atoms in total. The number of hydrogen-bond donors (Lipinski definition) is 3. The van der Waals surface area contributed by atoms with Gasteiger partial charge in [0.2, 0.25) is 23.6 Å². The summed E-state index contributed by atoms with van der Waals surface area (Å²) in [7, 11) is 0. The van der Waals surface area contributed by atoms with Gasteiger partial charge >= 0.3 is 6.18 Å². The number of alkyl halides is 3. The smallest absolute Gasteiger partial charge is 0.377 e. The third kappa shape index (κ3) is 8.88. The maximum Gasteiger partial charge on any atom is 0.417 e. The molecule has 0 bridgehead atoms. The molecule has 4 fully saturated rings. The second kappa shape index (κ2) is 16.7. The zero-order valence-electron chi connectivity index (χ0n) is 33.1. The van der Waals surface area contributed by atoms with Crippen molar-refractivity contribution in [1.29, 1.82) is 5.26 Å². The second-order valence-corrected chi connectivity index (χ2v) is 17.1. The van der Waals surface area contributed by atoms with Crippen molar-refractivity contribution >= 4 is 47.6 Å². The van der Waals surface area contributed by atoms with E-state index in [0.29, 0.717) is 18.7 Å². The highest BCUT2D eigenvalue weighted by atomic mass is 32.1. The van der Waals surface area contributed by atoms with Crippen molar-refractivity contribution in [3.05, 3.63) is 59.2 Å². The molecule has 6 rings (SSSR count). The molecule has 3 saturated heterocycles. The van der Waals surface area contributed by atoms with Crippen LogP contribution in [0.5, 0.6) is 0 Å². The van der Waals surface area contributed by atoms with Gasteiger partial charge in [0.05, 0.1) is 47.4 Å². The molecule has 308 valence electrons. The Balaban J connectivity index is 0.945. The Hall–Kier alpha value is -4.01. The first-order chi connectivity index (χ1) is 26.8. The monoisotopic (exact) mass is 811 g/mol. The van der Waals surface area contributed by atoms with Gasteiger partial charge in [-0.3, -0.25) is 44.1 Å². The summed E-state index contributed by atoms with van der Waals surface area (Å²) in [5.41, 5.74) is -2.68. The van der Waals surface area contributed by atoms with Gasteiger partial charge in [0.25, 0.3) is 0 Å². The van der Waals surface area contributed by atoms with Crippen LogP contribution in [0.25, 0.3) is 0 Å². The molecule has 4 atom stereocenters. The summed E-state index contributed by atoms with van der Waals surface area (Å²) in [5, 5.41) is 14.6. The number of halogens is 3. The van der Waals surface area contributed by atoms with E-state index in [0.717, 1.165) is 63.0 Å². The van der Waals surface area contributed by atoms with Crippen molar-refractivity contribution in [2.45, 2.75) is 120 Å². The van der Waals surface area contributed by atoms with Crippen molar-refractivity contribution in [3.63, 3.8) is 0 Å². The number of nitrogens with zero attached hydrogens (tertiary/aromatic N) is 5. The number of imide groups is 1. The highest BCUT2D eigenvalue weighted by Crippen LogP contribution is 2.43. The summed E-state index contributed by atoms with van der Waals surface area (Å²) in [6.45, 7) is 12.7. The quantitative estimate of drug-likeness (QED) is 0.217. The van der Waals surface area contributed by atoms with Crippen LogP contribution in [0.4, 0.5) is 24.5 Å². The zero-order valence-corrected chi connectivity index (χ0v) is 34.0. The number of rotatable bonds is 10. The molecule has 0 radical (unpaired) electrons. The van der Waals surface area contributed by atoms with Crippen LogP contribution in [-0.4, -0.2) is 106 Å². The number of carbonyl (C=O) groups is 4. The topological polar surface area (TPSA) is 138 Å². The Morgan fingerprint density at radius 3 is 2.26 bits per heavy atom. The van der Waals surface area contributed by atoms with Crippen molar-refractivity contribution < 1.29 is 37.1 Å². The number of nitrogens with one attached hydrogen (secondary N) is 2. The molecule has 0 aromatic heterocycles. The Labute approximate surface area is 337 Å². The SMILES string of the molecule is C[C@@H]1CN(CCOC2CCC(N3C(S)N(c4ccc(C#N)c(C(F)(F)F)c4)C(=O)C3(C)C)CC2)C[C@H](C)N1CC(=O)Nc1ccc(C2(C)CCC(=O)NC2=O)cc1. The number of piperidine rings is 1. The average molecular weight is 812 g/mol. The van der Waals surface area contributed by atoms with Gasteiger partial charge in [-0.2, -0.15) is 18.4 Å². The van der Waals surface area contributed by atoms with Crippen molar-refractivity contribution in [3.8, 4) is 6.07 Å². The van der Waals surface area contributed by atoms with Crippen LogP contribution in [0, 0.1) is 11.3 Å². The average Bonchev–Trinajstić information content (AvgIpc) is 3.33. The molecule has 4 amide bonds. The molecule has 1 saturated carbocycles. The summed E-state index contributed by atoms with van der Waals surface area (Å²) in [4.78, 5) is 58.8.